The quantitative estimate of drug-likeness (QED) is 0.460. The van der Waals surface area contributed by atoms with Gasteiger partial charge in [-0.05, 0) is 12.6 Å². The van der Waals surface area contributed by atoms with Gasteiger partial charge in [0.2, 0.25) is 5.91 Å². The molecule has 0 fully saturated rings. The fraction of sp³-hybridized carbons (Fsp3) is 0.364. The van der Waals surface area contributed by atoms with Crippen LogP contribution < -0.4 is 10.6 Å². The van der Waals surface area contributed by atoms with Crippen LogP contribution in [0.2, 0.25) is 0 Å². The Kier molecular flexibility index (Phi) is 5.19. The second kappa shape index (κ2) is 6.65. The number of nitrogens with zero attached hydrogens (tertiary/aromatic N) is 1. The Hall–Kier alpha value is -2.02. The molecule has 0 heterocycles. The Bertz CT molecular complexity index is 451. The maximum absolute atomic E-state index is 13.3. The lowest BCUT2D eigenvalue weighted by atomic mass is 10.2. The first kappa shape index (κ1) is 14.0. The molecule has 0 aliphatic rings. The Labute approximate surface area is 103 Å². The van der Waals surface area contributed by atoms with Gasteiger partial charge in [0.05, 0.1) is 10.6 Å². The molecule has 0 saturated carbocycles. The zero-order chi connectivity index (χ0) is 13.5. The number of hydrogen-bond donors (Lipinski definition) is 2. The van der Waals surface area contributed by atoms with Crippen LogP contribution in [0.3, 0.4) is 0 Å². The number of benzene rings is 1. The van der Waals surface area contributed by atoms with E-state index in [2.05, 4.69) is 10.6 Å². The van der Waals surface area contributed by atoms with Crippen LogP contribution in [0.5, 0.6) is 0 Å². The number of carbonyl (C=O) groups excluding carboxylic acids is 1. The van der Waals surface area contributed by atoms with E-state index < -0.39 is 16.6 Å². The third-order valence-electron chi connectivity index (χ3n) is 2.21. The molecule has 0 saturated heterocycles. The van der Waals surface area contributed by atoms with Gasteiger partial charge in [0.25, 0.3) is 5.69 Å². The monoisotopic (exact) mass is 255 g/mol. The zero-order valence-electron chi connectivity index (χ0n) is 9.90. The molecule has 0 atom stereocenters. The van der Waals surface area contributed by atoms with E-state index >= 15 is 0 Å². The van der Waals surface area contributed by atoms with Crippen LogP contribution in [-0.2, 0) is 4.79 Å². The largest absolute Gasteiger partial charge is 0.323 e. The Morgan fingerprint density at radius 1 is 1.50 bits per heavy atom. The van der Waals surface area contributed by atoms with E-state index in [0.29, 0.717) is 6.54 Å². The first-order valence-corrected chi connectivity index (χ1v) is 5.49. The lowest BCUT2D eigenvalue weighted by molar-refractivity contribution is -0.384. The number of nitrogens with one attached hydrogen (secondary N) is 2. The van der Waals surface area contributed by atoms with E-state index in [1.54, 1.807) is 0 Å². The van der Waals surface area contributed by atoms with Crippen LogP contribution in [0, 0.1) is 15.9 Å². The summed E-state index contributed by atoms with van der Waals surface area (Å²) in [7, 11) is 0. The lowest BCUT2D eigenvalue weighted by Crippen LogP contribution is -2.21. The van der Waals surface area contributed by atoms with Crippen molar-refractivity contribution in [3.63, 3.8) is 0 Å². The van der Waals surface area contributed by atoms with Gasteiger partial charge >= 0.3 is 0 Å². The molecule has 1 aromatic rings. The molecule has 0 unspecified atom stereocenters. The van der Waals surface area contributed by atoms with Crippen LogP contribution in [0.15, 0.2) is 18.2 Å². The van der Waals surface area contributed by atoms with Gasteiger partial charge in [-0.2, -0.15) is 0 Å². The molecule has 98 valence electrons. The summed E-state index contributed by atoms with van der Waals surface area (Å²) < 4.78 is 13.3. The summed E-state index contributed by atoms with van der Waals surface area (Å²) >= 11 is 0. The van der Waals surface area contributed by atoms with Crippen LogP contribution >= 0.6 is 0 Å². The van der Waals surface area contributed by atoms with E-state index in [1.165, 1.54) is 0 Å². The van der Waals surface area contributed by atoms with Crippen LogP contribution in [0.25, 0.3) is 0 Å². The number of hydrogen-bond acceptors (Lipinski definition) is 4. The summed E-state index contributed by atoms with van der Waals surface area (Å²) in [5, 5.41) is 15.8. The molecule has 1 aromatic carbocycles. The predicted octanol–water partition coefficient (Wildman–Crippen LogP) is 1.67. The van der Waals surface area contributed by atoms with Gasteiger partial charge in [-0.1, -0.05) is 6.92 Å². The summed E-state index contributed by atoms with van der Waals surface area (Å²) in [4.78, 5) is 21.3. The highest BCUT2D eigenvalue weighted by molar-refractivity contribution is 5.91. The number of anilines is 1. The number of nitro benzene ring substituents is 1. The third-order valence-corrected chi connectivity index (χ3v) is 2.21. The number of nitro groups is 1. The molecular formula is C11H14FN3O3. The second-order valence-electron chi connectivity index (χ2n) is 3.57. The van der Waals surface area contributed by atoms with E-state index in [1.807, 2.05) is 6.92 Å². The van der Waals surface area contributed by atoms with E-state index in [0.717, 1.165) is 24.7 Å². The van der Waals surface area contributed by atoms with Gasteiger partial charge in [0.15, 0.2) is 0 Å². The molecule has 1 amide bonds. The summed E-state index contributed by atoms with van der Waals surface area (Å²) in [5.74, 6) is -1.09. The van der Waals surface area contributed by atoms with Crippen molar-refractivity contribution in [2.75, 3.05) is 18.4 Å². The van der Waals surface area contributed by atoms with Crippen molar-refractivity contribution >= 4 is 17.3 Å². The Morgan fingerprint density at radius 2 is 2.22 bits per heavy atom. The molecule has 0 aliphatic heterocycles. The van der Waals surface area contributed by atoms with E-state index in [9.17, 15) is 19.3 Å². The molecular weight excluding hydrogens is 241 g/mol. The van der Waals surface area contributed by atoms with Crippen LogP contribution in [0.4, 0.5) is 15.8 Å². The molecule has 0 bridgehead atoms. The molecule has 6 nitrogen and oxygen atoms in total. The first-order valence-electron chi connectivity index (χ1n) is 5.49. The minimum atomic E-state index is -0.697. The molecule has 0 radical (unpaired) electrons. The summed E-state index contributed by atoms with van der Waals surface area (Å²) in [5.41, 5.74) is -0.441. The Balaban J connectivity index is 2.68. The van der Waals surface area contributed by atoms with E-state index in [4.69, 9.17) is 0 Å². The smallest absolute Gasteiger partial charge is 0.271 e. The van der Waals surface area contributed by atoms with Crippen LogP contribution in [0.1, 0.15) is 13.3 Å². The maximum Gasteiger partial charge on any atom is 0.271 e. The van der Waals surface area contributed by atoms with Crippen molar-refractivity contribution in [2.24, 2.45) is 0 Å². The van der Waals surface area contributed by atoms with Crippen molar-refractivity contribution in [1.29, 1.82) is 0 Å². The molecule has 1 rings (SSSR count). The number of rotatable bonds is 6. The standard InChI is InChI=1S/C11H14FN3O3/c1-2-13-6-5-11(16)14-10-7-8(15(17)18)3-4-9(10)12/h3-4,7,13H,2,5-6H2,1H3,(H,14,16). The van der Waals surface area contributed by atoms with Crippen LogP contribution in [-0.4, -0.2) is 23.9 Å². The normalized spacial score (nSPS) is 10.1. The summed E-state index contributed by atoms with van der Waals surface area (Å²) in [6.07, 6.45) is 0.177. The molecule has 0 spiro atoms. The highest BCUT2D eigenvalue weighted by atomic mass is 19.1. The average molecular weight is 255 g/mol. The minimum absolute atomic E-state index is 0.175. The predicted molar refractivity (Wildman–Crippen MR) is 64.8 cm³/mol. The molecule has 2 N–H and O–H groups in total. The number of amides is 1. The number of non-ortho nitro benzene ring substituents is 1. The van der Waals surface area contributed by atoms with Crippen molar-refractivity contribution in [2.45, 2.75) is 13.3 Å². The van der Waals surface area contributed by atoms with Crippen molar-refractivity contribution < 1.29 is 14.1 Å². The van der Waals surface area contributed by atoms with Crippen molar-refractivity contribution in [1.82, 2.24) is 5.32 Å². The van der Waals surface area contributed by atoms with Gasteiger partial charge in [-0.25, -0.2) is 4.39 Å². The van der Waals surface area contributed by atoms with Gasteiger partial charge in [0, 0.05) is 25.1 Å². The lowest BCUT2D eigenvalue weighted by Gasteiger charge is -2.06. The summed E-state index contributed by atoms with van der Waals surface area (Å²) in [6, 6.07) is 3.00. The van der Waals surface area contributed by atoms with Gasteiger partial charge in [-0.15, -0.1) is 0 Å². The zero-order valence-corrected chi connectivity index (χ0v) is 9.90. The molecule has 0 aliphatic carbocycles. The molecule has 18 heavy (non-hydrogen) atoms. The van der Waals surface area contributed by atoms with Gasteiger partial charge < -0.3 is 10.6 Å². The topological polar surface area (TPSA) is 84.3 Å². The fourth-order valence-electron chi connectivity index (χ4n) is 1.31. The third kappa shape index (κ3) is 4.10. The second-order valence-corrected chi connectivity index (χ2v) is 3.57. The fourth-order valence-corrected chi connectivity index (χ4v) is 1.31. The maximum atomic E-state index is 13.3. The van der Waals surface area contributed by atoms with Gasteiger partial charge in [0.1, 0.15) is 5.82 Å². The van der Waals surface area contributed by atoms with Gasteiger partial charge in [-0.3, -0.25) is 14.9 Å². The average Bonchev–Trinajstić information content (AvgIpc) is 2.32. The first-order chi connectivity index (χ1) is 8.54. The number of halogens is 1. The minimum Gasteiger partial charge on any atom is -0.323 e. The van der Waals surface area contributed by atoms with E-state index in [-0.39, 0.29) is 17.8 Å². The summed E-state index contributed by atoms with van der Waals surface area (Å²) in [6.45, 7) is 3.11. The van der Waals surface area contributed by atoms with Crippen molar-refractivity contribution in [3.05, 3.63) is 34.1 Å². The van der Waals surface area contributed by atoms with Crippen molar-refractivity contribution in [3.8, 4) is 0 Å². The molecule has 0 aromatic heterocycles. The highest BCUT2D eigenvalue weighted by Crippen LogP contribution is 2.21. The highest BCUT2D eigenvalue weighted by Gasteiger charge is 2.12. The molecule has 7 heteroatoms. The number of carbonyl (C=O) groups is 1. The Morgan fingerprint density at radius 3 is 2.83 bits per heavy atom. The SMILES string of the molecule is CCNCCC(=O)Nc1cc([N+](=O)[O-])ccc1F.